The summed E-state index contributed by atoms with van der Waals surface area (Å²) in [6.45, 7) is 6.58. The standard InChI is InChI=1S/C19H28N2O5/c1-14(2)13-26-16-6-4-5-15(9-16)19(24)21-7-8-25-17(11-21)10-20(3)12-18(22)23/h4-6,9,14,17H,7-8,10-13H2,1-3H3,(H,22,23). The van der Waals surface area contributed by atoms with Gasteiger partial charge in [-0.15, -0.1) is 0 Å². The highest BCUT2D eigenvalue weighted by Crippen LogP contribution is 2.17. The van der Waals surface area contributed by atoms with Crippen molar-refractivity contribution in [3.05, 3.63) is 29.8 Å². The number of benzene rings is 1. The number of carboxylic acids is 1. The summed E-state index contributed by atoms with van der Waals surface area (Å²) < 4.78 is 11.4. The fourth-order valence-corrected chi connectivity index (χ4v) is 2.82. The molecule has 1 fully saturated rings. The molecular weight excluding hydrogens is 336 g/mol. The van der Waals surface area contributed by atoms with Crippen LogP contribution in [0.1, 0.15) is 24.2 Å². The Labute approximate surface area is 154 Å². The lowest BCUT2D eigenvalue weighted by Gasteiger charge is -2.34. The van der Waals surface area contributed by atoms with E-state index in [1.54, 1.807) is 29.0 Å². The van der Waals surface area contributed by atoms with Crippen molar-refractivity contribution in [3.63, 3.8) is 0 Å². The van der Waals surface area contributed by atoms with Crippen molar-refractivity contribution in [1.29, 1.82) is 0 Å². The number of rotatable bonds is 8. The first kappa shape index (κ1) is 20.2. The van der Waals surface area contributed by atoms with E-state index in [1.807, 2.05) is 12.1 Å². The van der Waals surface area contributed by atoms with Gasteiger partial charge < -0.3 is 19.5 Å². The second-order valence-electron chi connectivity index (χ2n) is 7.07. The van der Waals surface area contributed by atoms with E-state index < -0.39 is 5.97 Å². The number of hydrogen-bond acceptors (Lipinski definition) is 5. The first-order valence-electron chi connectivity index (χ1n) is 8.89. The molecule has 1 N–H and O–H groups in total. The molecule has 1 saturated heterocycles. The third-order valence-electron chi connectivity index (χ3n) is 4.01. The van der Waals surface area contributed by atoms with Gasteiger partial charge in [-0.2, -0.15) is 0 Å². The first-order chi connectivity index (χ1) is 12.3. The highest BCUT2D eigenvalue weighted by Gasteiger charge is 2.26. The molecule has 1 unspecified atom stereocenters. The van der Waals surface area contributed by atoms with Crippen LogP contribution in [0.15, 0.2) is 24.3 Å². The van der Waals surface area contributed by atoms with Crippen LogP contribution in [0.4, 0.5) is 0 Å². The molecule has 1 heterocycles. The summed E-state index contributed by atoms with van der Waals surface area (Å²) in [6, 6.07) is 7.22. The molecule has 1 aliphatic rings. The Hall–Kier alpha value is -2.12. The SMILES string of the molecule is CC(C)COc1cccc(C(=O)N2CCOC(CN(C)CC(=O)O)C2)c1. The second kappa shape index (κ2) is 9.54. The second-order valence-corrected chi connectivity index (χ2v) is 7.07. The lowest BCUT2D eigenvalue weighted by atomic mass is 10.1. The summed E-state index contributed by atoms with van der Waals surface area (Å²) in [5.41, 5.74) is 0.589. The monoisotopic (exact) mass is 364 g/mol. The van der Waals surface area contributed by atoms with Gasteiger partial charge in [0.2, 0.25) is 0 Å². The van der Waals surface area contributed by atoms with Crippen molar-refractivity contribution in [1.82, 2.24) is 9.80 Å². The van der Waals surface area contributed by atoms with Crippen molar-refractivity contribution in [2.24, 2.45) is 5.92 Å². The molecule has 0 aromatic heterocycles. The third-order valence-corrected chi connectivity index (χ3v) is 4.01. The van der Waals surface area contributed by atoms with Crippen LogP contribution in [0.3, 0.4) is 0 Å². The number of likely N-dealkylation sites (N-methyl/N-ethyl adjacent to an activating group) is 1. The number of carbonyl (C=O) groups excluding carboxylic acids is 1. The van der Waals surface area contributed by atoms with E-state index in [-0.39, 0.29) is 18.6 Å². The summed E-state index contributed by atoms with van der Waals surface area (Å²) in [4.78, 5) is 27.0. The van der Waals surface area contributed by atoms with Gasteiger partial charge in [0, 0.05) is 25.2 Å². The summed E-state index contributed by atoms with van der Waals surface area (Å²) in [7, 11) is 1.73. The quantitative estimate of drug-likeness (QED) is 0.754. The van der Waals surface area contributed by atoms with Crippen LogP contribution in [0.2, 0.25) is 0 Å². The van der Waals surface area contributed by atoms with Gasteiger partial charge in [0.15, 0.2) is 0 Å². The summed E-state index contributed by atoms with van der Waals surface area (Å²) >= 11 is 0. The minimum atomic E-state index is -0.880. The Morgan fingerprint density at radius 3 is 2.88 bits per heavy atom. The lowest BCUT2D eigenvalue weighted by Crippen LogP contribution is -2.49. The van der Waals surface area contributed by atoms with Crippen LogP contribution in [0.25, 0.3) is 0 Å². The molecule has 0 radical (unpaired) electrons. The normalized spacial score (nSPS) is 17.6. The van der Waals surface area contributed by atoms with Crippen molar-refractivity contribution >= 4 is 11.9 Å². The maximum atomic E-state index is 12.8. The van der Waals surface area contributed by atoms with Gasteiger partial charge in [-0.25, -0.2) is 0 Å². The maximum Gasteiger partial charge on any atom is 0.317 e. The predicted octanol–water partition coefficient (Wildman–Crippen LogP) is 1.58. The number of carbonyl (C=O) groups is 2. The molecule has 0 aliphatic carbocycles. The Bertz CT molecular complexity index is 620. The Balaban J connectivity index is 1.96. The molecule has 1 aliphatic heterocycles. The average molecular weight is 364 g/mol. The maximum absolute atomic E-state index is 12.8. The van der Waals surface area contributed by atoms with Crippen LogP contribution < -0.4 is 4.74 Å². The molecule has 0 bridgehead atoms. The smallest absolute Gasteiger partial charge is 0.317 e. The van der Waals surface area contributed by atoms with E-state index in [9.17, 15) is 9.59 Å². The van der Waals surface area contributed by atoms with Gasteiger partial charge in [0.25, 0.3) is 5.91 Å². The summed E-state index contributed by atoms with van der Waals surface area (Å²) in [5.74, 6) is 0.163. The number of ether oxygens (including phenoxy) is 2. The van der Waals surface area contributed by atoms with Gasteiger partial charge in [0.1, 0.15) is 5.75 Å². The van der Waals surface area contributed by atoms with E-state index in [4.69, 9.17) is 14.6 Å². The molecule has 0 spiro atoms. The fraction of sp³-hybridized carbons (Fsp3) is 0.579. The largest absolute Gasteiger partial charge is 0.493 e. The van der Waals surface area contributed by atoms with Crippen LogP contribution in [-0.2, 0) is 9.53 Å². The lowest BCUT2D eigenvalue weighted by molar-refractivity contribution is -0.138. The molecule has 1 amide bonds. The molecule has 2 rings (SSSR count). The number of hydrogen-bond donors (Lipinski definition) is 1. The summed E-state index contributed by atoms with van der Waals surface area (Å²) in [5, 5.41) is 8.85. The van der Waals surface area contributed by atoms with Crippen molar-refractivity contribution in [3.8, 4) is 5.75 Å². The Morgan fingerprint density at radius 2 is 2.19 bits per heavy atom. The van der Waals surface area contributed by atoms with E-state index in [0.717, 1.165) is 0 Å². The van der Waals surface area contributed by atoms with E-state index in [2.05, 4.69) is 13.8 Å². The number of carboxylic acid groups (broad SMARTS) is 1. The fourth-order valence-electron chi connectivity index (χ4n) is 2.82. The first-order valence-corrected chi connectivity index (χ1v) is 8.89. The molecular formula is C19H28N2O5. The van der Waals surface area contributed by atoms with Gasteiger partial charge in [-0.1, -0.05) is 19.9 Å². The Kier molecular flexibility index (Phi) is 7.41. The number of aliphatic carboxylic acids is 1. The van der Waals surface area contributed by atoms with Gasteiger partial charge >= 0.3 is 5.97 Å². The number of nitrogens with zero attached hydrogens (tertiary/aromatic N) is 2. The van der Waals surface area contributed by atoms with Crippen molar-refractivity contribution < 1.29 is 24.2 Å². The number of amides is 1. The van der Waals surface area contributed by atoms with Crippen LogP contribution >= 0.6 is 0 Å². The highest BCUT2D eigenvalue weighted by molar-refractivity contribution is 5.94. The van der Waals surface area contributed by atoms with E-state index in [1.165, 1.54) is 0 Å². The molecule has 1 aromatic rings. The molecule has 26 heavy (non-hydrogen) atoms. The minimum absolute atomic E-state index is 0.0525. The van der Waals surface area contributed by atoms with Gasteiger partial charge in [-0.3, -0.25) is 14.5 Å². The Morgan fingerprint density at radius 1 is 1.42 bits per heavy atom. The highest BCUT2D eigenvalue weighted by atomic mass is 16.5. The predicted molar refractivity (Wildman–Crippen MR) is 97.6 cm³/mol. The third kappa shape index (κ3) is 6.31. The molecule has 7 heteroatoms. The zero-order valence-electron chi connectivity index (χ0n) is 15.7. The minimum Gasteiger partial charge on any atom is -0.493 e. The van der Waals surface area contributed by atoms with Crippen molar-refractivity contribution in [2.45, 2.75) is 20.0 Å². The summed E-state index contributed by atoms with van der Waals surface area (Å²) in [6.07, 6.45) is -0.197. The number of morpholine rings is 1. The zero-order chi connectivity index (χ0) is 19.1. The topological polar surface area (TPSA) is 79.3 Å². The van der Waals surface area contributed by atoms with Crippen LogP contribution in [-0.4, -0.2) is 79.3 Å². The van der Waals surface area contributed by atoms with E-state index >= 15 is 0 Å². The van der Waals surface area contributed by atoms with E-state index in [0.29, 0.717) is 50.1 Å². The molecule has 144 valence electrons. The molecule has 0 saturated carbocycles. The average Bonchev–Trinajstić information content (AvgIpc) is 2.59. The van der Waals surface area contributed by atoms with Crippen LogP contribution in [0, 0.1) is 5.92 Å². The van der Waals surface area contributed by atoms with Crippen molar-refractivity contribution in [2.75, 3.05) is 46.4 Å². The van der Waals surface area contributed by atoms with Crippen LogP contribution in [0.5, 0.6) is 5.75 Å². The molecule has 1 atom stereocenters. The zero-order valence-corrected chi connectivity index (χ0v) is 15.7. The molecule has 1 aromatic carbocycles. The van der Waals surface area contributed by atoms with Gasteiger partial charge in [0.05, 0.1) is 25.9 Å². The van der Waals surface area contributed by atoms with Gasteiger partial charge in [-0.05, 0) is 31.2 Å². The molecule has 7 nitrogen and oxygen atoms in total.